The Morgan fingerprint density at radius 2 is 1.76 bits per heavy atom. The molecule has 2 heterocycles. The van der Waals surface area contributed by atoms with Gasteiger partial charge in [0, 0.05) is 24.8 Å². The van der Waals surface area contributed by atoms with Gasteiger partial charge in [0.05, 0.1) is 5.60 Å². The van der Waals surface area contributed by atoms with Crippen LogP contribution in [0.5, 0.6) is 0 Å². The second-order valence-electron chi connectivity index (χ2n) is 9.38. The van der Waals surface area contributed by atoms with Crippen molar-refractivity contribution in [2.45, 2.75) is 77.6 Å². The molecule has 1 aromatic rings. The van der Waals surface area contributed by atoms with E-state index in [9.17, 15) is 14.7 Å². The van der Waals surface area contributed by atoms with Gasteiger partial charge in [-0.05, 0) is 66.9 Å². The minimum atomic E-state index is -1.23. The normalized spacial score (nSPS) is 20.6. The lowest BCUT2D eigenvalue weighted by Crippen LogP contribution is -2.38. The Morgan fingerprint density at radius 1 is 1.10 bits per heavy atom. The number of hydrogen-bond acceptors (Lipinski definition) is 6. The molecule has 2 amide bonds. The minimum absolute atomic E-state index is 0.259. The molecule has 29 heavy (non-hydrogen) atoms. The Hall–Kier alpha value is -2.35. The number of likely N-dealkylation sites (tertiary alicyclic amines) is 1. The van der Waals surface area contributed by atoms with E-state index < -0.39 is 22.9 Å². The SMILES string of the molecule is CC(C)(C)OC(=O)Nc1ncccc1C1(O)CCCN(C(=O)OC(C)(C)C)CC1. The lowest BCUT2D eigenvalue weighted by Gasteiger charge is -2.29. The molecule has 0 spiro atoms. The van der Waals surface area contributed by atoms with Gasteiger partial charge >= 0.3 is 12.2 Å². The molecular weight excluding hydrogens is 374 g/mol. The van der Waals surface area contributed by atoms with Crippen LogP contribution in [0.25, 0.3) is 0 Å². The van der Waals surface area contributed by atoms with Crippen LogP contribution < -0.4 is 5.32 Å². The van der Waals surface area contributed by atoms with Crippen LogP contribution in [0.3, 0.4) is 0 Å². The number of aliphatic hydroxyl groups is 1. The summed E-state index contributed by atoms with van der Waals surface area (Å²) < 4.78 is 10.7. The van der Waals surface area contributed by atoms with Crippen molar-refractivity contribution in [1.82, 2.24) is 9.88 Å². The quantitative estimate of drug-likeness (QED) is 0.767. The Labute approximate surface area is 172 Å². The zero-order valence-corrected chi connectivity index (χ0v) is 18.2. The maximum atomic E-state index is 12.4. The second kappa shape index (κ2) is 8.57. The average Bonchev–Trinajstić information content (AvgIpc) is 2.74. The molecule has 1 unspecified atom stereocenters. The van der Waals surface area contributed by atoms with Gasteiger partial charge in [-0.25, -0.2) is 14.6 Å². The topological polar surface area (TPSA) is 101 Å². The van der Waals surface area contributed by atoms with Crippen LogP contribution in [0.4, 0.5) is 15.4 Å². The van der Waals surface area contributed by atoms with Crippen molar-refractivity contribution < 1.29 is 24.2 Å². The van der Waals surface area contributed by atoms with Crippen LogP contribution in [-0.2, 0) is 15.1 Å². The molecule has 1 aliphatic rings. The molecule has 1 saturated heterocycles. The first-order valence-electron chi connectivity index (χ1n) is 9.95. The summed E-state index contributed by atoms with van der Waals surface area (Å²) in [5, 5.41) is 14.0. The first kappa shape index (κ1) is 22.9. The standard InChI is InChI=1S/C21H33N3O5/c1-19(2,3)28-17(25)23-16-15(9-7-12-22-16)21(27)10-8-13-24(14-11-21)18(26)29-20(4,5)6/h7,9,12,27H,8,10-11,13-14H2,1-6H3,(H,22,23,25). The smallest absolute Gasteiger partial charge is 0.413 e. The number of anilines is 1. The summed E-state index contributed by atoms with van der Waals surface area (Å²) >= 11 is 0. The summed E-state index contributed by atoms with van der Waals surface area (Å²) in [6.07, 6.45) is 1.85. The van der Waals surface area contributed by atoms with Gasteiger partial charge in [0.1, 0.15) is 17.0 Å². The molecule has 0 radical (unpaired) electrons. The van der Waals surface area contributed by atoms with Gasteiger partial charge in [-0.3, -0.25) is 5.32 Å². The third kappa shape index (κ3) is 6.88. The van der Waals surface area contributed by atoms with E-state index in [0.717, 1.165) is 0 Å². The Kier molecular flexibility index (Phi) is 6.78. The number of pyridine rings is 1. The second-order valence-corrected chi connectivity index (χ2v) is 9.38. The van der Waals surface area contributed by atoms with Crippen LogP contribution in [-0.4, -0.2) is 51.5 Å². The van der Waals surface area contributed by atoms with Crippen molar-refractivity contribution in [2.75, 3.05) is 18.4 Å². The zero-order valence-electron chi connectivity index (χ0n) is 18.2. The molecule has 8 nitrogen and oxygen atoms in total. The third-order valence-electron chi connectivity index (χ3n) is 4.39. The lowest BCUT2D eigenvalue weighted by molar-refractivity contribution is 0.0131. The largest absolute Gasteiger partial charge is 0.444 e. The van der Waals surface area contributed by atoms with E-state index >= 15 is 0 Å². The van der Waals surface area contributed by atoms with Gasteiger partial charge in [-0.1, -0.05) is 6.07 Å². The number of carbonyl (C=O) groups is 2. The van der Waals surface area contributed by atoms with Crippen molar-refractivity contribution in [3.8, 4) is 0 Å². The average molecular weight is 408 g/mol. The highest BCUT2D eigenvalue weighted by Gasteiger charge is 2.36. The molecule has 0 aliphatic carbocycles. The Balaban J connectivity index is 2.16. The van der Waals surface area contributed by atoms with Gasteiger partial charge in [0.15, 0.2) is 0 Å². The predicted octanol–water partition coefficient (Wildman–Crippen LogP) is 4.04. The maximum absolute atomic E-state index is 12.4. The number of aromatic nitrogens is 1. The van der Waals surface area contributed by atoms with Crippen molar-refractivity contribution >= 4 is 18.0 Å². The van der Waals surface area contributed by atoms with E-state index in [4.69, 9.17) is 9.47 Å². The molecule has 2 N–H and O–H groups in total. The molecule has 2 rings (SSSR count). The highest BCUT2D eigenvalue weighted by molar-refractivity contribution is 5.84. The molecule has 162 valence electrons. The molecular formula is C21H33N3O5. The monoisotopic (exact) mass is 407 g/mol. The molecule has 0 saturated carbocycles. The van der Waals surface area contributed by atoms with Crippen LogP contribution >= 0.6 is 0 Å². The van der Waals surface area contributed by atoms with E-state index in [1.54, 1.807) is 44.0 Å². The number of ether oxygens (including phenoxy) is 2. The van der Waals surface area contributed by atoms with Crippen molar-refractivity contribution in [2.24, 2.45) is 0 Å². The summed E-state index contributed by atoms with van der Waals surface area (Å²) in [5.41, 5.74) is -1.94. The highest BCUT2D eigenvalue weighted by Crippen LogP contribution is 2.36. The van der Waals surface area contributed by atoms with E-state index in [1.165, 1.54) is 0 Å². The van der Waals surface area contributed by atoms with E-state index in [2.05, 4.69) is 10.3 Å². The van der Waals surface area contributed by atoms with Crippen molar-refractivity contribution in [3.63, 3.8) is 0 Å². The summed E-state index contributed by atoms with van der Waals surface area (Å²) in [5.74, 6) is 0.259. The molecule has 0 aromatic carbocycles. The predicted molar refractivity (Wildman–Crippen MR) is 110 cm³/mol. The third-order valence-corrected chi connectivity index (χ3v) is 4.39. The summed E-state index contributed by atoms with van der Waals surface area (Å²) in [6.45, 7) is 11.6. The Morgan fingerprint density at radius 3 is 2.38 bits per heavy atom. The lowest BCUT2D eigenvalue weighted by atomic mass is 9.87. The van der Waals surface area contributed by atoms with Gasteiger partial charge in [0.25, 0.3) is 0 Å². The van der Waals surface area contributed by atoms with E-state index in [0.29, 0.717) is 37.9 Å². The maximum Gasteiger partial charge on any atom is 0.413 e. The van der Waals surface area contributed by atoms with Crippen molar-refractivity contribution in [1.29, 1.82) is 0 Å². The highest BCUT2D eigenvalue weighted by atomic mass is 16.6. The van der Waals surface area contributed by atoms with E-state index in [1.807, 2.05) is 20.8 Å². The first-order chi connectivity index (χ1) is 13.3. The molecule has 1 atom stereocenters. The summed E-state index contributed by atoms with van der Waals surface area (Å²) in [7, 11) is 0. The van der Waals surface area contributed by atoms with Crippen LogP contribution in [0.15, 0.2) is 18.3 Å². The summed E-state index contributed by atoms with van der Waals surface area (Å²) in [4.78, 5) is 30.4. The molecule has 1 aromatic heterocycles. The van der Waals surface area contributed by atoms with Crippen LogP contribution in [0.2, 0.25) is 0 Å². The van der Waals surface area contributed by atoms with Crippen molar-refractivity contribution in [3.05, 3.63) is 23.9 Å². The molecule has 1 aliphatic heterocycles. The fourth-order valence-corrected chi connectivity index (χ4v) is 3.18. The van der Waals surface area contributed by atoms with Gasteiger partial charge < -0.3 is 19.5 Å². The van der Waals surface area contributed by atoms with Gasteiger partial charge in [-0.2, -0.15) is 0 Å². The van der Waals surface area contributed by atoms with Gasteiger partial charge in [-0.15, -0.1) is 0 Å². The number of amides is 2. The van der Waals surface area contributed by atoms with E-state index in [-0.39, 0.29) is 11.9 Å². The number of carbonyl (C=O) groups excluding carboxylic acids is 2. The Bertz CT molecular complexity index is 739. The first-order valence-corrected chi connectivity index (χ1v) is 9.95. The molecule has 1 fully saturated rings. The summed E-state index contributed by atoms with van der Waals surface area (Å²) in [6, 6.07) is 3.45. The number of hydrogen-bond donors (Lipinski definition) is 2. The number of nitrogens with zero attached hydrogens (tertiary/aromatic N) is 2. The van der Waals surface area contributed by atoms with Gasteiger partial charge in [0.2, 0.25) is 0 Å². The number of rotatable bonds is 2. The molecule has 0 bridgehead atoms. The minimum Gasteiger partial charge on any atom is -0.444 e. The zero-order chi connectivity index (χ0) is 21.9. The fourth-order valence-electron chi connectivity index (χ4n) is 3.18. The van der Waals surface area contributed by atoms with Crippen LogP contribution in [0.1, 0.15) is 66.4 Å². The fraction of sp³-hybridized carbons (Fsp3) is 0.667. The van der Waals surface area contributed by atoms with Crippen LogP contribution in [0, 0.1) is 0 Å². The molecule has 8 heteroatoms. The number of nitrogens with one attached hydrogen (secondary N) is 1.